The summed E-state index contributed by atoms with van der Waals surface area (Å²) in [5, 5.41) is 0. The maximum absolute atomic E-state index is 5.91. The summed E-state index contributed by atoms with van der Waals surface area (Å²) in [4.78, 5) is 4.69. The van der Waals surface area contributed by atoms with Gasteiger partial charge in [0.1, 0.15) is 5.69 Å². The molecule has 20 heavy (non-hydrogen) atoms. The molecule has 0 fully saturated rings. The molecule has 2 N–H and O–H groups in total. The Labute approximate surface area is 121 Å². The number of nitrogens with zero attached hydrogens (tertiary/aromatic N) is 2. The van der Waals surface area contributed by atoms with E-state index in [1.54, 1.807) is 6.34 Å². The molecule has 2 rings (SSSR count). The molecular weight excluding hydrogens is 250 g/mol. The number of nitrogens with two attached hydrogens (primary N) is 1. The lowest BCUT2D eigenvalue weighted by Gasteiger charge is -2.25. The van der Waals surface area contributed by atoms with Crippen LogP contribution < -0.4 is 5.73 Å². The molecule has 108 valence electrons. The molecule has 4 heteroatoms. The molecular formula is C16H24N3O+. The van der Waals surface area contributed by atoms with Crippen LogP contribution in [0.3, 0.4) is 0 Å². The van der Waals surface area contributed by atoms with E-state index in [-0.39, 0.29) is 6.04 Å². The van der Waals surface area contributed by atoms with Crippen LogP contribution >= 0.6 is 0 Å². The van der Waals surface area contributed by atoms with E-state index in [9.17, 15) is 0 Å². The van der Waals surface area contributed by atoms with Crippen molar-refractivity contribution in [2.24, 2.45) is 10.7 Å². The normalized spacial score (nSPS) is 19.6. The first-order valence-corrected chi connectivity index (χ1v) is 7.45. The second-order valence-electron chi connectivity index (χ2n) is 5.00. The van der Waals surface area contributed by atoms with Crippen LogP contribution in [-0.2, 0) is 4.74 Å². The molecule has 1 unspecified atom stereocenters. The topological polar surface area (TPSA) is 50.6 Å². The van der Waals surface area contributed by atoms with Gasteiger partial charge < -0.3 is 4.74 Å². The summed E-state index contributed by atoms with van der Waals surface area (Å²) in [5.41, 5.74) is 7.82. The lowest BCUT2D eigenvalue weighted by Crippen LogP contribution is -2.37. The molecule has 0 radical (unpaired) electrons. The Bertz CT molecular complexity index is 508. The third-order valence-corrected chi connectivity index (χ3v) is 3.48. The molecule has 1 heterocycles. The van der Waals surface area contributed by atoms with Gasteiger partial charge in [-0.2, -0.15) is 0 Å². The summed E-state index contributed by atoms with van der Waals surface area (Å²) in [6.07, 6.45) is 5.85. The Kier molecular flexibility index (Phi) is 5.16. The van der Waals surface area contributed by atoms with E-state index in [1.807, 2.05) is 24.3 Å². The van der Waals surface area contributed by atoms with E-state index < -0.39 is 0 Å². The van der Waals surface area contributed by atoms with Gasteiger partial charge in [0, 0.05) is 0 Å². The van der Waals surface area contributed by atoms with Crippen molar-refractivity contribution in [3.05, 3.63) is 24.3 Å². The van der Waals surface area contributed by atoms with Crippen molar-refractivity contribution in [3.8, 4) is 0 Å². The van der Waals surface area contributed by atoms with Gasteiger partial charge in [0.2, 0.25) is 12.2 Å². The molecule has 1 aromatic carbocycles. The molecule has 0 bridgehead atoms. The molecule has 0 spiro atoms. The van der Waals surface area contributed by atoms with Crippen molar-refractivity contribution in [2.45, 2.75) is 45.6 Å². The van der Waals surface area contributed by atoms with E-state index in [4.69, 9.17) is 15.5 Å². The van der Waals surface area contributed by atoms with Gasteiger partial charge in [0.05, 0.1) is 6.61 Å². The van der Waals surface area contributed by atoms with Crippen LogP contribution in [0.15, 0.2) is 29.3 Å². The lowest BCUT2D eigenvalue weighted by atomic mass is 10.1. The molecule has 0 aliphatic carbocycles. The van der Waals surface area contributed by atoms with Gasteiger partial charge in [-0.05, 0) is 25.0 Å². The van der Waals surface area contributed by atoms with Gasteiger partial charge in [-0.15, -0.1) is 0 Å². The van der Waals surface area contributed by atoms with Gasteiger partial charge in [0.15, 0.2) is 11.7 Å². The fourth-order valence-electron chi connectivity index (χ4n) is 2.43. The Morgan fingerprint density at radius 2 is 2.10 bits per heavy atom. The molecule has 0 saturated carbocycles. The van der Waals surface area contributed by atoms with Crippen molar-refractivity contribution in [1.82, 2.24) is 0 Å². The predicted octanol–water partition coefficient (Wildman–Crippen LogP) is 3.35. The van der Waals surface area contributed by atoms with Crippen LogP contribution in [0, 0.1) is 0 Å². The smallest absolute Gasteiger partial charge is 0.235 e. The van der Waals surface area contributed by atoms with Crippen LogP contribution in [0.4, 0.5) is 11.4 Å². The Morgan fingerprint density at radius 3 is 2.80 bits per heavy atom. The fourth-order valence-corrected chi connectivity index (χ4v) is 2.43. The van der Waals surface area contributed by atoms with Crippen molar-refractivity contribution in [3.63, 3.8) is 0 Å². The highest BCUT2D eigenvalue weighted by Gasteiger charge is 2.31. The summed E-state index contributed by atoms with van der Waals surface area (Å²) >= 11 is 0. The zero-order valence-corrected chi connectivity index (χ0v) is 12.4. The fraction of sp³-hybridized carbons (Fsp3) is 0.500. The van der Waals surface area contributed by atoms with Crippen LogP contribution in [0.1, 0.15) is 39.5 Å². The minimum Gasteiger partial charge on any atom is -0.478 e. The monoisotopic (exact) mass is 274 g/mol. The molecule has 0 aromatic heterocycles. The number of fused-ring (bicyclic) bond motifs is 1. The predicted molar refractivity (Wildman–Crippen MR) is 83.3 cm³/mol. The quantitative estimate of drug-likeness (QED) is 0.508. The number of unbranched alkanes of at least 4 members (excludes halogenated alkanes) is 1. The number of rotatable bonds is 5. The summed E-state index contributed by atoms with van der Waals surface area (Å²) < 4.78 is 7.99. The number of benzene rings is 1. The molecule has 1 aliphatic rings. The van der Waals surface area contributed by atoms with E-state index in [2.05, 4.69) is 18.4 Å². The molecule has 1 aliphatic heterocycles. The SMILES string of the molecule is CCCCOC1=Nc2ccccc2[N+](=CN)C1CCC. The second kappa shape index (κ2) is 7.08. The van der Waals surface area contributed by atoms with Gasteiger partial charge in [0.25, 0.3) is 0 Å². The number of hydrogen-bond acceptors (Lipinski definition) is 2. The molecule has 1 atom stereocenters. The maximum Gasteiger partial charge on any atom is 0.235 e. The standard InChI is InChI=1S/C16H23N3O/c1-3-5-11-20-16-15(8-4-2)19(12-17)14-10-7-6-9-13(14)18-16/h6-7,9-10,12,15,17H,3-5,8,11H2,1-2H3/p+1. The van der Waals surface area contributed by atoms with Crippen molar-refractivity contribution in [1.29, 1.82) is 0 Å². The highest BCUT2D eigenvalue weighted by Crippen LogP contribution is 2.34. The molecule has 0 saturated heterocycles. The average Bonchev–Trinajstić information content (AvgIpc) is 2.48. The molecule has 1 aromatic rings. The van der Waals surface area contributed by atoms with Crippen molar-refractivity contribution >= 4 is 23.6 Å². The first kappa shape index (κ1) is 14.6. The van der Waals surface area contributed by atoms with E-state index in [0.29, 0.717) is 0 Å². The van der Waals surface area contributed by atoms with Crippen molar-refractivity contribution < 1.29 is 9.31 Å². The van der Waals surface area contributed by atoms with Gasteiger partial charge >= 0.3 is 0 Å². The minimum atomic E-state index is 0.108. The van der Waals surface area contributed by atoms with E-state index in [1.165, 1.54) is 0 Å². The number of hydrogen-bond donors (Lipinski definition) is 1. The van der Waals surface area contributed by atoms with Crippen LogP contribution in [0.2, 0.25) is 0 Å². The van der Waals surface area contributed by atoms with E-state index in [0.717, 1.165) is 49.6 Å². The molecule has 0 amide bonds. The lowest BCUT2D eigenvalue weighted by molar-refractivity contribution is -0.465. The third-order valence-electron chi connectivity index (χ3n) is 3.48. The largest absolute Gasteiger partial charge is 0.478 e. The van der Waals surface area contributed by atoms with Crippen molar-refractivity contribution in [2.75, 3.05) is 6.61 Å². The van der Waals surface area contributed by atoms with Crippen LogP contribution in [-0.4, -0.2) is 29.5 Å². The zero-order valence-electron chi connectivity index (χ0n) is 12.4. The summed E-state index contributed by atoms with van der Waals surface area (Å²) in [6.45, 7) is 5.04. The van der Waals surface area contributed by atoms with Crippen LogP contribution in [0.25, 0.3) is 0 Å². The first-order valence-electron chi connectivity index (χ1n) is 7.45. The second-order valence-corrected chi connectivity index (χ2v) is 5.00. The maximum atomic E-state index is 5.91. The minimum absolute atomic E-state index is 0.108. The summed E-state index contributed by atoms with van der Waals surface area (Å²) in [5.74, 6) is 0.792. The highest BCUT2D eigenvalue weighted by atomic mass is 16.5. The first-order chi connectivity index (χ1) is 9.81. The third kappa shape index (κ3) is 3.00. The summed E-state index contributed by atoms with van der Waals surface area (Å²) in [6, 6.07) is 8.15. The zero-order chi connectivity index (χ0) is 14.4. The van der Waals surface area contributed by atoms with Gasteiger partial charge in [-0.25, -0.2) is 9.57 Å². The van der Waals surface area contributed by atoms with E-state index >= 15 is 0 Å². The highest BCUT2D eigenvalue weighted by molar-refractivity contribution is 5.87. The Morgan fingerprint density at radius 1 is 1.30 bits per heavy atom. The number of aliphatic imine (C=N–C) groups is 1. The number of ether oxygens (including phenoxy) is 1. The molecule has 4 nitrogen and oxygen atoms in total. The van der Waals surface area contributed by atoms with Gasteiger partial charge in [-0.1, -0.05) is 38.8 Å². The van der Waals surface area contributed by atoms with Gasteiger partial charge in [-0.3, -0.25) is 5.73 Å². The number of para-hydroxylation sites is 2. The Hall–Kier alpha value is -1.84. The van der Waals surface area contributed by atoms with Crippen LogP contribution in [0.5, 0.6) is 0 Å². The summed E-state index contributed by atoms with van der Waals surface area (Å²) in [7, 11) is 0. The Balaban J connectivity index is 2.33. The average molecular weight is 274 g/mol.